The second kappa shape index (κ2) is 9.21. The minimum Gasteiger partial charge on any atom is -0.382 e. The van der Waals surface area contributed by atoms with Crippen molar-refractivity contribution in [2.24, 2.45) is 0 Å². The molecule has 17 heavy (non-hydrogen) atoms. The second-order valence-electron chi connectivity index (χ2n) is 3.93. The molecular formula is C11H23N3O3. The molecule has 6 heteroatoms. The fourth-order valence-electron chi connectivity index (χ4n) is 1.61. The van der Waals surface area contributed by atoms with Crippen molar-refractivity contribution in [1.82, 2.24) is 15.5 Å². The molecule has 0 aliphatic carbocycles. The van der Waals surface area contributed by atoms with E-state index in [1.54, 1.807) is 7.11 Å². The highest BCUT2D eigenvalue weighted by Crippen LogP contribution is 1.94. The van der Waals surface area contributed by atoms with E-state index in [0.29, 0.717) is 13.2 Å². The van der Waals surface area contributed by atoms with Crippen molar-refractivity contribution in [1.29, 1.82) is 0 Å². The summed E-state index contributed by atoms with van der Waals surface area (Å²) in [6.07, 6.45) is 0.982. The van der Waals surface area contributed by atoms with E-state index in [9.17, 15) is 4.79 Å². The number of nitrogens with zero attached hydrogens (tertiary/aromatic N) is 1. The van der Waals surface area contributed by atoms with Gasteiger partial charge in [0.15, 0.2) is 0 Å². The third-order valence-corrected chi connectivity index (χ3v) is 2.58. The zero-order valence-electron chi connectivity index (χ0n) is 10.5. The zero-order valence-corrected chi connectivity index (χ0v) is 10.5. The van der Waals surface area contributed by atoms with Gasteiger partial charge in [-0.2, -0.15) is 0 Å². The number of urea groups is 1. The number of amides is 2. The number of methoxy groups -OCH3 is 1. The molecule has 2 N–H and O–H groups in total. The molecule has 6 nitrogen and oxygen atoms in total. The van der Waals surface area contributed by atoms with Crippen LogP contribution >= 0.6 is 0 Å². The maximum Gasteiger partial charge on any atom is 0.317 e. The molecule has 1 saturated heterocycles. The van der Waals surface area contributed by atoms with Crippen molar-refractivity contribution < 1.29 is 14.3 Å². The van der Waals surface area contributed by atoms with Crippen LogP contribution in [-0.4, -0.2) is 70.6 Å². The van der Waals surface area contributed by atoms with Gasteiger partial charge in [0.25, 0.3) is 0 Å². The number of ether oxygens (including phenoxy) is 2. The smallest absolute Gasteiger partial charge is 0.317 e. The first kappa shape index (κ1) is 14.2. The van der Waals surface area contributed by atoms with E-state index in [4.69, 9.17) is 9.47 Å². The normalized spacial score (nSPS) is 15.4. The Bertz CT molecular complexity index is 214. The Morgan fingerprint density at radius 3 is 2.94 bits per heavy atom. The van der Waals surface area contributed by atoms with Crippen LogP contribution in [0.15, 0.2) is 0 Å². The molecular weight excluding hydrogens is 222 g/mol. The number of hydrogen-bond donors (Lipinski definition) is 2. The Hall–Kier alpha value is -0.850. The van der Waals surface area contributed by atoms with Crippen LogP contribution in [0.2, 0.25) is 0 Å². The summed E-state index contributed by atoms with van der Waals surface area (Å²) in [5.74, 6) is 0. The monoisotopic (exact) mass is 245 g/mol. The summed E-state index contributed by atoms with van der Waals surface area (Å²) in [4.78, 5) is 13.0. The molecule has 0 saturated carbocycles. The third kappa shape index (κ3) is 6.45. The number of hydrogen-bond acceptors (Lipinski definition) is 4. The predicted molar refractivity (Wildman–Crippen MR) is 65.2 cm³/mol. The number of carbonyl (C=O) groups excluding carboxylic acids is 1. The van der Waals surface area contributed by atoms with E-state index in [-0.39, 0.29) is 6.03 Å². The molecule has 0 bridgehead atoms. The van der Waals surface area contributed by atoms with Crippen LogP contribution in [0.25, 0.3) is 0 Å². The molecule has 1 aliphatic rings. The van der Waals surface area contributed by atoms with Crippen molar-refractivity contribution in [3.8, 4) is 0 Å². The van der Waals surface area contributed by atoms with Crippen molar-refractivity contribution in [2.75, 3.05) is 59.7 Å². The summed E-state index contributed by atoms with van der Waals surface area (Å²) in [5, 5.41) is 6.07. The molecule has 1 rings (SSSR count). The molecule has 0 aromatic carbocycles. The van der Waals surface area contributed by atoms with Gasteiger partial charge >= 0.3 is 6.03 Å². The Labute approximate surface area is 103 Å². The maximum atomic E-state index is 11.2. The average molecular weight is 245 g/mol. The van der Waals surface area contributed by atoms with Crippen molar-refractivity contribution in [2.45, 2.75) is 6.42 Å². The Balaban J connectivity index is 1.80. The predicted octanol–water partition coefficient (Wildman–Crippen LogP) is -0.346. The molecule has 1 heterocycles. The first-order chi connectivity index (χ1) is 8.34. The quantitative estimate of drug-likeness (QED) is 0.517. The minimum atomic E-state index is 0.0506. The van der Waals surface area contributed by atoms with E-state index in [1.807, 2.05) is 4.90 Å². The molecule has 0 radical (unpaired) electrons. The van der Waals surface area contributed by atoms with Crippen LogP contribution in [0.1, 0.15) is 6.42 Å². The lowest BCUT2D eigenvalue weighted by Gasteiger charge is -2.14. The molecule has 0 atom stereocenters. The van der Waals surface area contributed by atoms with Crippen molar-refractivity contribution >= 4 is 6.03 Å². The van der Waals surface area contributed by atoms with Gasteiger partial charge < -0.3 is 25.0 Å². The highest BCUT2D eigenvalue weighted by Gasteiger charge is 2.17. The van der Waals surface area contributed by atoms with Crippen LogP contribution in [-0.2, 0) is 9.47 Å². The van der Waals surface area contributed by atoms with E-state index in [1.165, 1.54) is 0 Å². The lowest BCUT2D eigenvalue weighted by atomic mass is 10.4. The third-order valence-electron chi connectivity index (χ3n) is 2.58. The molecule has 1 aliphatic heterocycles. The molecule has 0 aromatic rings. The zero-order chi connectivity index (χ0) is 12.3. The standard InChI is InChI=1S/C11H23N3O3/c1-16-9-10-17-8-2-3-12-4-6-14-7-5-13-11(14)15/h12H,2-10H2,1H3,(H,13,15). The lowest BCUT2D eigenvalue weighted by molar-refractivity contribution is 0.0695. The lowest BCUT2D eigenvalue weighted by Crippen LogP contribution is -2.35. The van der Waals surface area contributed by atoms with E-state index < -0.39 is 0 Å². The van der Waals surface area contributed by atoms with E-state index in [2.05, 4.69) is 10.6 Å². The summed E-state index contributed by atoms with van der Waals surface area (Å²) in [5.41, 5.74) is 0. The van der Waals surface area contributed by atoms with Gasteiger partial charge in [0.05, 0.1) is 13.2 Å². The van der Waals surface area contributed by atoms with Gasteiger partial charge in [0.2, 0.25) is 0 Å². The van der Waals surface area contributed by atoms with E-state index in [0.717, 1.165) is 45.8 Å². The van der Waals surface area contributed by atoms with Gasteiger partial charge in [-0.3, -0.25) is 0 Å². The largest absolute Gasteiger partial charge is 0.382 e. The highest BCUT2D eigenvalue weighted by atomic mass is 16.5. The number of carbonyl (C=O) groups is 1. The molecule has 0 unspecified atom stereocenters. The molecule has 2 amide bonds. The summed E-state index contributed by atoms with van der Waals surface area (Å²) in [6.45, 7) is 6.18. The first-order valence-electron chi connectivity index (χ1n) is 6.15. The van der Waals surface area contributed by atoms with Gasteiger partial charge in [-0.15, -0.1) is 0 Å². The fourth-order valence-corrected chi connectivity index (χ4v) is 1.61. The minimum absolute atomic E-state index is 0.0506. The van der Waals surface area contributed by atoms with Crippen molar-refractivity contribution in [3.05, 3.63) is 0 Å². The molecule has 100 valence electrons. The highest BCUT2D eigenvalue weighted by molar-refractivity contribution is 5.76. The summed E-state index contributed by atoms with van der Waals surface area (Å²) in [7, 11) is 1.67. The Morgan fingerprint density at radius 2 is 2.24 bits per heavy atom. The first-order valence-corrected chi connectivity index (χ1v) is 6.15. The number of nitrogens with one attached hydrogen (secondary N) is 2. The second-order valence-corrected chi connectivity index (χ2v) is 3.93. The van der Waals surface area contributed by atoms with Crippen LogP contribution in [0.4, 0.5) is 4.79 Å². The topological polar surface area (TPSA) is 62.8 Å². The van der Waals surface area contributed by atoms with Gasteiger partial charge in [-0.25, -0.2) is 4.79 Å². The Morgan fingerprint density at radius 1 is 1.35 bits per heavy atom. The van der Waals surface area contributed by atoms with E-state index >= 15 is 0 Å². The molecule has 1 fully saturated rings. The van der Waals surface area contributed by atoms with Crippen LogP contribution in [0.3, 0.4) is 0 Å². The Kier molecular flexibility index (Phi) is 7.70. The molecule has 0 aromatic heterocycles. The average Bonchev–Trinajstić information content (AvgIpc) is 2.73. The van der Waals surface area contributed by atoms with Gasteiger partial charge in [0, 0.05) is 39.9 Å². The van der Waals surface area contributed by atoms with Crippen LogP contribution < -0.4 is 10.6 Å². The van der Waals surface area contributed by atoms with Crippen LogP contribution in [0.5, 0.6) is 0 Å². The summed E-state index contributed by atoms with van der Waals surface area (Å²) < 4.78 is 10.2. The van der Waals surface area contributed by atoms with Gasteiger partial charge in [-0.1, -0.05) is 0 Å². The summed E-state index contributed by atoms with van der Waals surface area (Å²) >= 11 is 0. The van der Waals surface area contributed by atoms with Gasteiger partial charge in [-0.05, 0) is 13.0 Å². The number of rotatable bonds is 10. The molecule has 0 spiro atoms. The summed E-state index contributed by atoms with van der Waals surface area (Å²) in [6, 6.07) is 0.0506. The van der Waals surface area contributed by atoms with Gasteiger partial charge in [0.1, 0.15) is 0 Å². The van der Waals surface area contributed by atoms with Crippen LogP contribution in [0, 0.1) is 0 Å². The van der Waals surface area contributed by atoms with Crippen molar-refractivity contribution in [3.63, 3.8) is 0 Å². The maximum absolute atomic E-state index is 11.2. The SMILES string of the molecule is COCCOCCCNCCN1CCNC1=O. The fraction of sp³-hybridized carbons (Fsp3) is 0.909.